The molecule has 5 rings (SSSR count). The lowest BCUT2D eigenvalue weighted by molar-refractivity contribution is 0.209. The summed E-state index contributed by atoms with van der Waals surface area (Å²) in [4.78, 5) is 14.8. The van der Waals surface area contributed by atoms with Gasteiger partial charge in [-0.1, -0.05) is 23.7 Å². The van der Waals surface area contributed by atoms with Crippen LogP contribution in [-0.4, -0.2) is 47.1 Å². The van der Waals surface area contributed by atoms with Gasteiger partial charge in [-0.25, -0.2) is 9.97 Å². The van der Waals surface area contributed by atoms with Crippen molar-refractivity contribution in [2.45, 2.75) is 26.8 Å². The monoisotopic (exact) mass is 468 g/mol. The molecule has 0 saturated carbocycles. The van der Waals surface area contributed by atoms with Gasteiger partial charge in [0.15, 0.2) is 10.0 Å². The molecule has 1 fully saturated rings. The second kappa shape index (κ2) is 8.51. The highest BCUT2D eigenvalue weighted by molar-refractivity contribution is 7.25. The number of rotatable bonds is 4. The molecule has 1 saturated heterocycles. The topological polar surface area (TPSA) is 32.3 Å². The third kappa shape index (κ3) is 4.22. The smallest absolute Gasteiger partial charge is 0.154 e. The van der Waals surface area contributed by atoms with Gasteiger partial charge in [0, 0.05) is 48.2 Å². The molecule has 160 valence electrons. The number of hydrogen-bond donors (Lipinski definition) is 0. The number of thiazole rings is 2. The van der Waals surface area contributed by atoms with Crippen molar-refractivity contribution in [1.82, 2.24) is 14.9 Å². The highest BCUT2D eigenvalue weighted by Crippen LogP contribution is 2.39. The zero-order valence-corrected chi connectivity index (χ0v) is 20.3. The SMILES string of the molecule is Cc1cc(-c2ccc(Cl)cc2)c2sc(-c3nc(N4CCN(C(C)C)CC4)cs3)nc2c1. The van der Waals surface area contributed by atoms with Gasteiger partial charge in [0.1, 0.15) is 5.82 Å². The van der Waals surface area contributed by atoms with Crippen molar-refractivity contribution in [2.75, 3.05) is 31.1 Å². The molecule has 0 spiro atoms. The van der Waals surface area contributed by atoms with Crippen LogP contribution in [0.5, 0.6) is 0 Å². The number of anilines is 1. The molecule has 0 aliphatic carbocycles. The maximum atomic E-state index is 6.10. The molecular formula is C24H25ClN4S2. The predicted octanol–water partition coefficient (Wildman–Crippen LogP) is 6.58. The lowest BCUT2D eigenvalue weighted by atomic mass is 10.0. The molecule has 1 aliphatic rings. The molecule has 0 atom stereocenters. The summed E-state index contributed by atoms with van der Waals surface area (Å²) in [7, 11) is 0. The van der Waals surface area contributed by atoms with Crippen LogP contribution in [-0.2, 0) is 0 Å². The molecule has 2 aromatic carbocycles. The van der Waals surface area contributed by atoms with E-state index in [-0.39, 0.29) is 0 Å². The molecule has 0 N–H and O–H groups in total. The van der Waals surface area contributed by atoms with Crippen LogP contribution in [0, 0.1) is 6.92 Å². The van der Waals surface area contributed by atoms with Gasteiger partial charge in [-0.05, 0) is 56.2 Å². The highest BCUT2D eigenvalue weighted by Gasteiger charge is 2.22. The number of hydrogen-bond acceptors (Lipinski definition) is 6. The van der Waals surface area contributed by atoms with Gasteiger partial charge in [0.2, 0.25) is 0 Å². The average Bonchev–Trinajstić information content (AvgIpc) is 3.41. The number of aryl methyl sites for hydroxylation is 1. The lowest BCUT2D eigenvalue weighted by Gasteiger charge is -2.37. The van der Waals surface area contributed by atoms with Crippen LogP contribution in [0.4, 0.5) is 5.82 Å². The van der Waals surface area contributed by atoms with Crippen LogP contribution in [0.2, 0.25) is 5.02 Å². The number of halogens is 1. The fraction of sp³-hybridized carbons (Fsp3) is 0.333. The summed E-state index contributed by atoms with van der Waals surface area (Å²) < 4.78 is 1.20. The number of aromatic nitrogens is 2. The van der Waals surface area contributed by atoms with Gasteiger partial charge >= 0.3 is 0 Å². The van der Waals surface area contributed by atoms with Crippen molar-refractivity contribution < 1.29 is 0 Å². The minimum Gasteiger partial charge on any atom is -0.353 e. The molecule has 2 aromatic heterocycles. The standard InChI is InChI=1S/C24H25ClN4S2/c1-15(2)28-8-10-29(11-9-28)21-14-30-23(27-21)24-26-20-13-16(3)12-19(22(20)31-24)17-4-6-18(25)7-5-17/h4-7,12-15H,8-11H2,1-3H3. The summed E-state index contributed by atoms with van der Waals surface area (Å²) in [6.07, 6.45) is 0. The third-order valence-electron chi connectivity index (χ3n) is 5.83. The van der Waals surface area contributed by atoms with Crippen molar-refractivity contribution in [3.05, 3.63) is 52.4 Å². The Morgan fingerprint density at radius 1 is 0.968 bits per heavy atom. The summed E-state index contributed by atoms with van der Waals surface area (Å²) in [5.74, 6) is 1.08. The average molecular weight is 469 g/mol. The Hall–Kier alpha value is -1.99. The van der Waals surface area contributed by atoms with E-state index in [0.717, 1.165) is 58.1 Å². The third-order valence-corrected chi connectivity index (χ3v) is 8.16. The quantitative estimate of drug-likeness (QED) is 0.338. The van der Waals surface area contributed by atoms with E-state index < -0.39 is 0 Å². The first-order valence-corrected chi connectivity index (χ1v) is 12.7. The van der Waals surface area contributed by atoms with E-state index in [4.69, 9.17) is 21.6 Å². The zero-order valence-electron chi connectivity index (χ0n) is 17.9. The fourth-order valence-electron chi connectivity index (χ4n) is 4.08. The van der Waals surface area contributed by atoms with Gasteiger partial charge < -0.3 is 4.90 Å². The van der Waals surface area contributed by atoms with Crippen LogP contribution in [0.25, 0.3) is 31.4 Å². The van der Waals surface area contributed by atoms with Crippen molar-refractivity contribution >= 4 is 50.3 Å². The van der Waals surface area contributed by atoms with Crippen molar-refractivity contribution in [2.24, 2.45) is 0 Å². The van der Waals surface area contributed by atoms with Crippen molar-refractivity contribution in [3.63, 3.8) is 0 Å². The lowest BCUT2D eigenvalue weighted by Crippen LogP contribution is -2.49. The van der Waals surface area contributed by atoms with Crippen molar-refractivity contribution in [3.8, 4) is 21.1 Å². The molecule has 4 aromatic rings. The van der Waals surface area contributed by atoms with Crippen LogP contribution in [0.3, 0.4) is 0 Å². The first-order chi connectivity index (χ1) is 15.0. The van der Waals surface area contributed by atoms with E-state index in [2.05, 4.69) is 60.2 Å². The molecule has 7 heteroatoms. The molecule has 3 heterocycles. The maximum Gasteiger partial charge on any atom is 0.154 e. The minimum atomic E-state index is 0.606. The van der Waals surface area contributed by atoms with Gasteiger partial charge in [0.25, 0.3) is 0 Å². The van der Waals surface area contributed by atoms with Gasteiger partial charge in [-0.15, -0.1) is 22.7 Å². The zero-order chi connectivity index (χ0) is 21.5. The van der Waals surface area contributed by atoms with E-state index in [9.17, 15) is 0 Å². The summed E-state index contributed by atoms with van der Waals surface area (Å²) in [5.41, 5.74) is 4.61. The number of fused-ring (bicyclic) bond motifs is 1. The van der Waals surface area contributed by atoms with E-state index in [0.29, 0.717) is 6.04 Å². The Bertz CT molecular complexity index is 1200. The Balaban J connectivity index is 1.45. The van der Waals surface area contributed by atoms with Gasteiger partial charge in [0.05, 0.1) is 10.2 Å². The first-order valence-electron chi connectivity index (χ1n) is 10.6. The molecule has 0 amide bonds. The van der Waals surface area contributed by atoms with Gasteiger partial charge in [-0.2, -0.15) is 0 Å². The summed E-state index contributed by atoms with van der Waals surface area (Å²) in [5, 5.41) is 4.93. The van der Waals surface area contributed by atoms with E-state index >= 15 is 0 Å². The Labute approximate surface area is 196 Å². The number of benzene rings is 2. The second-order valence-electron chi connectivity index (χ2n) is 8.31. The van der Waals surface area contributed by atoms with E-state index in [1.54, 1.807) is 22.7 Å². The van der Waals surface area contributed by atoms with Crippen LogP contribution < -0.4 is 4.90 Å². The molecule has 0 unspecified atom stereocenters. The molecule has 0 bridgehead atoms. The molecule has 1 aliphatic heterocycles. The van der Waals surface area contributed by atoms with Gasteiger partial charge in [-0.3, -0.25) is 4.90 Å². The number of nitrogens with zero attached hydrogens (tertiary/aromatic N) is 4. The van der Waals surface area contributed by atoms with Crippen molar-refractivity contribution in [1.29, 1.82) is 0 Å². The maximum absolute atomic E-state index is 6.10. The summed E-state index contributed by atoms with van der Waals surface area (Å²) in [6.45, 7) is 10.9. The first kappa shape index (κ1) is 20.9. The Kier molecular flexibility index (Phi) is 5.73. The van der Waals surface area contributed by atoms with Crippen LogP contribution >= 0.6 is 34.3 Å². The normalized spacial score (nSPS) is 15.3. The fourth-order valence-corrected chi connectivity index (χ4v) is 6.16. The second-order valence-corrected chi connectivity index (χ2v) is 10.6. The summed E-state index contributed by atoms with van der Waals surface area (Å²) >= 11 is 9.52. The largest absolute Gasteiger partial charge is 0.353 e. The number of piperazine rings is 1. The van der Waals surface area contributed by atoms with Crippen LogP contribution in [0.1, 0.15) is 19.4 Å². The molecule has 4 nitrogen and oxygen atoms in total. The Morgan fingerprint density at radius 3 is 2.42 bits per heavy atom. The van der Waals surface area contributed by atoms with Crippen LogP contribution in [0.15, 0.2) is 41.8 Å². The van der Waals surface area contributed by atoms with E-state index in [1.807, 2.05) is 12.1 Å². The molecular weight excluding hydrogens is 444 g/mol. The molecule has 31 heavy (non-hydrogen) atoms. The summed E-state index contributed by atoms with van der Waals surface area (Å²) in [6, 6.07) is 13.0. The molecule has 0 radical (unpaired) electrons. The highest BCUT2D eigenvalue weighted by atomic mass is 35.5. The Morgan fingerprint density at radius 2 is 1.71 bits per heavy atom. The minimum absolute atomic E-state index is 0.606. The predicted molar refractivity (Wildman–Crippen MR) is 135 cm³/mol. The van der Waals surface area contributed by atoms with E-state index in [1.165, 1.54) is 15.8 Å².